The molecule has 1 fully saturated rings. The third-order valence-corrected chi connectivity index (χ3v) is 5.59. The van der Waals surface area contributed by atoms with E-state index in [0.29, 0.717) is 38.7 Å². The van der Waals surface area contributed by atoms with Gasteiger partial charge in [0.25, 0.3) is 5.56 Å². The molecule has 1 saturated heterocycles. The van der Waals surface area contributed by atoms with Gasteiger partial charge in [-0.1, -0.05) is 0 Å². The van der Waals surface area contributed by atoms with Crippen LogP contribution in [0.15, 0.2) is 35.1 Å². The standard InChI is InChI=1S/C20H26N4O3/c21-12-14-10-18-20(26)22-6-1-9-27-16-4-2-15-3-5-19(25)24(17(15)11-16)8-7-23(18)13-14/h2-5,11,14,18H,1,6-10,12-13,21H2,(H,22,26)/t14-,18-/m0/s1. The second kappa shape index (κ2) is 7.70. The highest BCUT2D eigenvalue weighted by Crippen LogP contribution is 2.24. The molecule has 2 bridgehead atoms. The Balaban J connectivity index is 1.69. The lowest BCUT2D eigenvalue weighted by Gasteiger charge is -2.24. The Morgan fingerprint density at radius 3 is 2.89 bits per heavy atom. The maximum Gasteiger partial charge on any atom is 0.251 e. The molecular formula is C20H26N4O3. The number of hydrogen-bond donors (Lipinski definition) is 2. The molecule has 2 aliphatic heterocycles. The number of benzene rings is 1. The minimum atomic E-state index is -0.177. The molecule has 1 aromatic heterocycles. The molecule has 0 unspecified atom stereocenters. The van der Waals surface area contributed by atoms with Crippen molar-refractivity contribution in [2.75, 3.05) is 32.8 Å². The van der Waals surface area contributed by atoms with Crippen LogP contribution in [0.5, 0.6) is 5.75 Å². The second-order valence-corrected chi connectivity index (χ2v) is 7.39. The maximum atomic E-state index is 12.6. The molecule has 0 aliphatic carbocycles. The maximum absolute atomic E-state index is 12.6. The molecule has 0 radical (unpaired) electrons. The zero-order valence-electron chi connectivity index (χ0n) is 15.4. The first kappa shape index (κ1) is 18.0. The number of nitrogens with zero attached hydrogens (tertiary/aromatic N) is 2. The number of nitrogens with one attached hydrogen (secondary N) is 1. The normalized spacial score (nSPS) is 24.3. The summed E-state index contributed by atoms with van der Waals surface area (Å²) in [4.78, 5) is 27.3. The van der Waals surface area contributed by atoms with Crippen LogP contribution in [0.1, 0.15) is 12.8 Å². The number of pyridine rings is 1. The van der Waals surface area contributed by atoms with E-state index in [9.17, 15) is 9.59 Å². The number of rotatable bonds is 1. The van der Waals surface area contributed by atoms with E-state index in [4.69, 9.17) is 10.5 Å². The molecule has 1 aromatic carbocycles. The van der Waals surface area contributed by atoms with Gasteiger partial charge in [0.05, 0.1) is 18.2 Å². The lowest BCUT2D eigenvalue weighted by molar-refractivity contribution is -0.125. The third-order valence-electron chi connectivity index (χ3n) is 5.59. The molecule has 3 N–H and O–H groups in total. The summed E-state index contributed by atoms with van der Waals surface area (Å²) in [6.07, 6.45) is 1.51. The van der Waals surface area contributed by atoms with Crippen molar-refractivity contribution in [2.45, 2.75) is 25.4 Å². The molecule has 1 amide bonds. The quantitative estimate of drug-likeness (QED) is 0.765. The highest BCUT2D eigenvalue weighted by atomic mass is 16.5. The van der Waals surface area contributed by atoms with E-state index in [1.165, 1.54) is 0 Å². The lowest BCUT2D eigenvalue weighted by Crippen LogP contribution is -2.45. The van der Waals surface area contributed by atoms with Gasteiger partial charge >= 0.3 is 0 Å². The summed E-state index contributed by atoms with van der Waals surface area (Å²) in [5.41, 5.74) is 6.69. The molecule has 7 nitrogen and oxygen atoms in total. The molecular weight excluding hydrogens is 344 g/mol. The van der Waals surface area contributed by atoms with Gasteiger partial charge in [0.15, 0.2) is 0 Å². The monoisotopic (exact) mass is 370 g/mol. The molecule has 2 aromatic rings. The lowest BCUT2D eigenvalue weighted by atomic mass is 10.1. The number of fused-ring (bicyclic) bond motifs is 2. The first-order valence-electron chi connectivity index (χ1n) is 9.64. The fourth-order valence-electron chi connectivity index (χ4n) is 4.10. The van der Waals surface area contributed by atoms with Crippen LogP contribution in [0.4, 0.5) is 0 Å². The molecule has 144 valence electrons. The Labute approximate surface area is 158 Å². The van der Waals surface area contributed by atoms with E-state index in [1.54, 1.807) is 10.6 Å². The summed E-state index contributed by atoms with van der Waals surface area (Å²) in [5, 5.41) is 4.02. The number of carbonyl (C=O) groups is 1. The highest BCUT2D eigenvalue weighted by molar-refractivity contribution is 5.82. The molecule has 4 rings (SSSR count). The predicted molar refractivity (Wildman–Crippen MR) is 104 cm³/mol. The van der Waals surface area contributed by atoms with Gasteiger partial charge in [-0.2, -0.15) is 0 Å². The van der Waals surface area contributed by atoms with Crippen LogP contribution < -0.4 is 21.3 Å². The van der Waals surface area contributed by atoms with E-state index in [0.717, 1.165) is 36.0 Å². The molecule has 7 heteroatoms. The summed E-state index contributed by atoms with van der Waals surface area (Å²) >= 11 is 0. The van der Waals surface area contributed by atoms with Gasteiger partial charge in [0.1, 0.15) is 5.75 Å². The van der Waals surface area contributed by atoms with Crippen LogP contribution in [0.25, 0.3) is 10.9 Å². The average molecular weight is 370 g/mol. The van der Waals surface area contributed by atoms with Crippen molar-refractivity contribution in [1.82, 2.24) is 14.8 Å². The van der Waals surface area contributed by atoms with Gasteiger partial charge in [0, 0.05) is 38.3 Å². The smallest absolute Gasteiger partial charge is 0.251 e. The summed E-state index contributed by atoms with van der Waals surface area (Å²) in [7, 11) is 0. The first-order valence-corrected chi connectivity index (χ1v) is 9.64. The number of nitrogens with two attached hydrogens (primary N) is 1. The number of carbonyl (C=O) groups excluding carboxylic acids is 1. The average Bonchev–Trinajstić information content (AvgIpc) is 3.09. The Kier molecular flexibility index (Phi) is 5.13. The summed E-state index contributed by atoms with van der Waals surface area (Å²) < 4.78 is 7.59. The minimum Gasteiger partial charge on any atom is -0.493 e. The molecule has 0 spiro atoms. The topological polar surface area (TPSA) is 89.6 Å². The van der Waals surface area contributed by atoms with E-state index in [2.05, 4.69) is 10.2 Å². The number of aromatic nitrogens is 1. The Morgan fingerprint density at radius 2 is 2.04 bits per heavy atom. The van der Waals surface area contributed by atoms with Crippen molar-refractivity contribution in [3.8, 4) is 5.75 Å². The van der Waals surface area contributed by atoms with Gasteiger partial charge < -0.3 is 20.4 Å². The van der Waals surface area contributed by atoms with Crippen LogP contribution in [0.3, 0.4) is 0 Å². The van der Waals surface area contributed by atoms with Gasteiger partial charge in [0.2, 0.25) is 5.91 Å². The van der Waals surface area contributed by atoms with Gasteiger partial charge in [-0.3, -0.25) is 14.5 Å². The zero-order valence-corrected chi connectivity index (χ0v) is 15.4. The van der Waals surface area contributed by atoms with Gasteiger partial charge in [-0.05, 0) is 48.9 Å². The summed E-state index contributed by atoms with van der Waals surface area (Å²) in [6.45, 7) is 3.64. The Bertz CT molecular complexity index is 894. The molecule has 3 heterocycles. The molecule has 27 heavy (non-hydrogen) atoms. The molecule has 2 aliphatic rings. The predicted octanol–water partition coefficient (Wildman–Crippen LogP) is 0.549. The van der Waals surface area contributed by atoms with Crippen LogP contribution >= 0.6 is 0 Å². The highest BCUT2D eigenvalue weighted by Gasteiger charge is 2.35. The van der Waals surface area contributed by atoms with E-state index in [-0.39, 0.29) is 17.5 Å². The van der Waals surface area contributed by atoms with Crippen molar-refractivity contribution in [3.05, 3.63) is 40.7 Å². The summed E-state index contributed by atoms with van der Waals surface area (Å²) in [5.74, 6) is 1.11. The van der Waals surface area contributed by atoms with E-state index < -0.39 is 0 Å². The number of hydrogen-bond acceptors (Lipinski definition) is 5. The van der Waals surface area contributed by atoms with Crippen molar-refractivity contribution in [1.29, 1.82) is 0 Å². The minimum absolute atomic E-state index is 0.0395. The zero-order chi connectivity index (χ0) is 18.8. The largest absolute Gasteiger partial charge is 0.493 e. The van der Waals surface area contributed by atoms with Crippen LogP contribution in [0.2, 0.25) is 0 Å². The Hall–Kier alpha value is -2.38. The van der Waals surface area contributed by atoms with Crippen LogP contribution in [-0.4, -0.2) is 54.2 Å². The van der Waals surface area contributed by atoms with Crippen LogP contribution in [0, 0.1) is 5.92 Å². The third kappa shape index (κ3) is 3.70. The first-order chi connectivity index (χ1) is 13.2. The van der Waals surface area contributed by atoms with Gasteiger partial charge in [-0.25, -0.2) is 0 Å². The van der Waals surface area contributed by atoms with E-state index >= 15 is 0 Å². The molecule has 2 atom stereocenters. The van der Waals surface area contributed by atoms with Crippen molar-refractivity contribution in [3.63, 3.8) is 0 Å². The van der Waals surface area contributed by atoms with E-state index in [1.807, 2.05) is 24.3 Å². The SMILES string of the molecule is NC[C@@H]1C[C@H]2C(=O)NCCCOc3ccc4ccc(=O)n(c4c3)CCN2C1. The number of amides is 1. The van der Waals surface area contributed by atoms with Crippen molar-refractivity contribution >= 4 is 16.8 Å². The number of ether oxygens (including phenoxy) is 1. The summed E-state index contributed by atoms with van der Waals surface area (Å²) in [6, 6.07) is 9.11. The molecule has 0 saturated carbocycles. The van der Waals surface area contributed by atoms with Crippen molar-refractivity contribution < 1.29 is 9.53 Å². The van der Waals surface area contributed by atoms with Crippen LogP contribution in [-0.2, 0) is 11.3 Å². The van der Waals surface area contributed by atoms with Crippen molar-refractivity contribution in [2.24, 2.45) is 11.7 Å². The fourth-order valence-corrected chi connectivity index (χ4v) is 4.10. The van der Waals surface area contributed by atoms with Gasteiger partial charge in [-0.15, -0.1) is 0 Å². The fraction of sp³-hybridized carbons (Fsp3) is 0.500. The Morgan fingerprint density at radius 1 is 1.19 bits per heavy atom. The second-order valence-electron chi connectivity index (χ2n) is 7.39.